The van der Waals surface area contributed by atoms with E-state index in [2.05, 4.69) is 24.0 Å². The molecule has 1 aromatic heterocycles. The number of nitrogens with zero attached hydrogens (tertiary/aromatic N) is 2. The first-order valence-corrected chi connectivity index (χ1v) is 7.43. The second kappa shape index (κ2) is 6.22. The molecule has 0 amide bonds. The molecule has 1 aliphatic rings. The molecule has 4 heteroatoms. The van der Waals surface area contributed by atoms with Crippen molar-refractivity contribution in [2.75, 3.05) is 13.2 Å². The van der Waals surface area contributed by atoms with Gasteiger partial charge in [0.1, 0.15) is 12.3 Å². The zero-order valence-corrected chi connectivity index (χ0v) is 12.2. The lowest BCUT2D eigenvalue weighted by Gasteiger charge is -2.16. The van der Waals surface area contributed by atoms with Crippen LogP contribution in [0.25, 0.3) is 0 Å². The van der Waals surface area contributed by atoms with Crippen LogP contribution < -0.4 is 0 Å². The highest BCUT2D eigenvalue weighted by Crippen LogP contribution is 2.28. The van der Waals surface area contributed by atoms with Gasteiger partial charge in [-0.1, -0.05) is 30.3 Å². The van der Waals surface area contributed by atoms with Crippen LogP contribution in [0.1, 0.15) is 41.9 Å². The van der Waals surface area contributed by atoms with E-state index in [0.29, 0.717) is 18.2 Å². The summed E-state index contributed by atoms with van der Waals surface area (Å²) in [6, 6.07) is 10.2. The maximum atomic E-state index is 12.3. The van der Waals surface area contributed by atoms with Crippen molar-refractivity contribution >= 4 is 5.78 Å². The summed E-state index contributed by atoms with van der Waals surface area (Å²) in [5, 5.41) is 0. The maximum Gasteiger partial charge on any atom is 0.206 e. The largest absolute Gasteiger partial charge is 0.373 e. The summed E-state index contributed by atoms with van der Waals surface area (Å²) < 4.78 is 7.41. The van der Waals surface area contributed by atoms with E-state index >= 15 is 0 Å². The number of aromatic nitrogens is 2. The number of rotatable bonds is 7. The van der Waals surface area contributed by atoms with Crippen LogP contribution in [0.5, 0.6) is 0 Å². The van der Waals surface area contributed by atoms with Gasteiger partial charge in [-0.2, -0.15) is 0 Å². The van der Waals surface area contributed by atoms with Gasteiger partial charge in [0.05, 0.1) is 25.2 Å². The van der Waals surface area contributed by atoms with Crippen LogP contribution in [-0.4, -0.2) is 28.5 Å². The predicted octanol–water partition coefficient (Wildman–Crippen LogP) is 3.10. The zero-order chi connectivity index (χ0) is 14.7. The van der Waals surface area contributed by atoms with Gasteiger partial charge in [-0.05, 0) is 31.2 Å². The number of ether oxygens (including phenoxy) is 1. The van der Waals surface area contributed by atoms with Crippen molar-refractivity contribution in [3.05, 3.63) is 54.1 Å². The van der Waals surface area contributed by atoms with E-state index in [1.54, 1.807) is 12.5 Å². The Hall–Kier alpha value is -1.94. The molecule has 0 aliphatic heterocycles. The molecule has 0 spiro atoms. The molecule has 1 aliphatic carbocycles. The highest BCUT2D eigenvalue weighted by molar-refractivity contribution is 5.95. The molecule has 21 heavy (non-hydrogen) atoms. The molecular weight excluding hydrogens is 264 g/mol. The first kappa shape index (κ1) is 14.0. The lowest BCUT2D eigenvalue weighted by atomic mass is 10.1. The Labute approximate surface area is 124 Å². The Balaban J connectivity index is 1.69. The van der Waals surface area contributed by atoms with Gasteiger partial charge in [0.15, 0.2) is 0 Å². The number of benzene rings is 1. The Bertz CT molecular complexity index is 602. The van der Waals surface area contributed by atoms with Crippen molar-refractivity contribution < 1.29 is 9.53 Å². The summed E-state index contributed by atoms with van der Waals surface area (Å²) in [7, 11) is 0. The third kappa shape index (κ3) is 3.39. The van der Waals surface area contributed by atoms with Crippen LogP contribution in [-0.2, 0) is 4.74 Å². The van der Waals surface area contributed by atoms with Gasteiger partial charge in [-0.3, -0.25) is 4.79 Å². The molecule has 1 aromatic carbocycles. The lowest BCUT2D eigenvalue weighted by molar-refractivity contribution is 0.0730. The summed E-state index contributed by atoms with van der Waals surface area (Å²) in [6.45, 7) is 2.91. The molecule has 2 aromatic rings. The number of hydrogen-bond acceptors (Lipinski definition) is 3. The molecule has 0 N–H and O–H groups in total. The summed E-state index contributed by atoms with van der Waals surface area (Å²) in [5.41, 5.74) is 1.77. The molecule has 4 nitrogen and oxygen atoms in total. The van der Waals surface area contributed by atoms with Gasteiger partial charge in [0, 0.05) is 0 Å². The molecule has 0 saturated heterocycles. The summed E-state index contributed by atoms with van der Waals surface area (Å²) in [4.78, 5) is 16.4. The van der Waals surface area contributed by atoms with E-state index in [0.717, 1.165) is 5.56 Å². The first-order chi connectivity index (χ1) is 10.3. The van der Waals surface area contributed by atoms with Crippen molar-refractivity contribution in [1.82, 2.24) is 9.55 Å². The standard InChI is InChI=1S/C17H20N2O2/c1-13(15-5-3-2-4-6-15)19-12-18-9-16(19)17(20)11-21-10-14-7-8-14/h2-6,9,12-14H,7-8,10-11H2,1H3/t13-/m1/s1. The van der Waals surface area contributed by atoms with Crippen LogP contribution in [0.3, 0.4) is 0 Å². The minimum absolute atomic E-state index is 0.00377. The second-order valence-corrected chi connectivity index (χ2v) is 5.65. The van der Waals surface area contributed by atoms with E-state index in [4.69, 9.17) is 4.74 Å². The fraction of sp³-hybridized carbons (Fsp3) is 0.412. The molecule has 1 saturated carbocycles. The monoisotopic (exact) mass is 284 g/mol. The van der Waals surface area contributed by atoms with E-state index in [1.807, 2.05) is 22.8 Å². The van der Waals surface area contributed by atoms with E-state index < -0.39 is 0 Å². The van der Waals surface area contributed by atoms with Crippen molar-refractivity contribution in [3.8, 4) is 0 Å². The Morgan fingerprint density at radius 3 is 2.86 bits per heavy atom. The van der Waals surface area contributed by atoms with Crippen molar-refractivity contribution in [1.29, 1.82) is 0 Å². The van der Waals surface area contributed by atoms with Crippen LogP contribution in [0.4, 0.5) is 0 Å². The fourth-order valence-corrected chi connectivity index (χ4v) is 2.40. The first-order valence-electron chi connectivity index (χ1n) is 7.43. The Kier molecular flexibility index (Phi) is 4.15. The van der Waals surface area contributed by atoms with Gasteiger partial charge in [0.2, 0.25) is 5.78 Å². The van der Waals surface area contributed by atoms with Gasteiger partial charge in [-0.25, -0.2) is 4.98 Å². The van der Waals surface area contributed by atoms with Crippen LogP contribution in [0, 0.1) is 5.92 Å². The number of ketones is 1. The summed E-state index contributed by atoms with van der Waals surface area (Å²) in [6.07, 6.45) is 5.81. The summed E-state index contributed by atoms with van der Waals surface area (Å²) >= 11 is 0. The molecule has 1 heterocycles. The smallest absolute Gasteiger partial charge is 0.206 e. The van der Waals surface area contributed by atoms with Crippen molar-refractivity contribution in [3.63, 3.8) is 0 Å². The molecule has 3 rings (SSSR count). The minimum atomic E-state index is -0.00377. The average molecular weight is 284 g/mol. The minimum Gasteiger partial charge on any atom is -0.373 e. The maximum absolute atomic E-state index is 12.3. The Morgan fingerprint density at radius 1 is 1.38 bits per heavy atom. The summed E-state index contributed by atoms with van der Waals surface area (Å²) in [5.74, 6) is 0.668. The lowest BCUT2D eigenvalue weighted by Crippen LogP contribution is -2.17. The highest BCUT2D eigenvalue weighted by Gasteiger charge is 2.22. The number of carbonyl (C=O) groups is 1. The van der Waals surface area contributed by atoms with Crippen LogP contribution >= 0.6 is 0 Å². The number of carbonyl (C=O) groups excluding carboxylic acids is 1. The van der Waals surface area contributed by atoms with Crippen molar-refractivity contribution in [2.45, 2.75) is 25.8 Å². The molecule has 0 bridgehead atoms. The third-order valence-corrected chi connectivity index (χ3v) is 3.93. The normalized spacial score (nSPS) is 15.9. The highest BCUT2D eigenvalue weighted by atomic mass is 16.5. The molecule has 110 valence electrons. The van der Waals surface area contributed by atoms with E-state index in [9.17, 15) is 4.79 Å². The van der Waals surface area contributed by atoms with Gasteiger partial charge < -0.3 is 9.30 Å². The van der Waals surface area contributed by atoms with Crippen LogP contribution in [0.15, 0.2) is 42.9 Å². The Morgan fingerprint density at radius 2 is 2.14 bits per heavy atom. The third-order valence-electron chi connectivity index (χ3n) is 3.93. The molecule has 1 atom stereocenters. The van der Waals surface area contributed by atoms with Crippen LogP contribution in [0.2, 0.25) is 0 Å². The van der Waals surface area contributed by atoms with Gasteiger partial charge >= 0.3 is 0 Å². The topological polar surface area (TPSA) is 44.1 Å². The average Bonchev–Trinajstić information content (AvgIpc) is 3.21. The molecule has 0 radical (unpaired) electrons. The quantitative estimate of drug-likeness (QED) is 0.734. The predicted molar refractivity (Wildman–Crippen MR) is 80.4 cm³/mol. The van der Waals surface area contributed by atoms with E-state index in [-0.39, 0.29) is 18.4 Å². The SMILES string of the molecule is C[C@H](c1ccccc1)n1cncc1C(=O)COCC1CC1. The van der Waals surface area contributed by atoms with E-state index in [1.165, 1.54) is 12.8 Å². The molecule has 0 unspecified atom stereocenters. The zero-order valence-electron chi connectivity index (χ0n) is 12.2. The molecule has 1 fully saturated rings. The molecular formula is C17H20N2O2. The second-order valence-electron chi connectivity index (χ2n) is 5.65. The number of hydrogen-bond donors (Lipinski definition) is 0. The van der Waals surface area contributed by atoms with Gasteiger partial charge in [-0.15, -0.1) is 0 Å². The van der Waals surface area contributed by atoms with Gasteiger partial charge in [0.25, 0.3) is 0 Å². The fourth-order valence-electron chi connectivity index (χ4n) is 2.40. The number of imidazole rings is 1. The van der Waals surface area contributed by atoms with Crippen molar-refractivity contribution in [2.24, 2.45) is 5.92 Å². The number of Topliss-reactive ketones (excluding diaryl/α,β-unsaturated/α-hetero) is 1.